The molecule has 0 radical (unpaired) electrons. The summed E-state index contributed by atoms with van der Waals surface area (Å²) in [6.07, 6.45) is 1.67. The Morgan fingerprint density at radius 2 is 1.90 bits per heavy atom. The molecule has 106 valence electrons. The number of pyridine rings is 1. The summed E-state index contributed by atoms with van der Waals surface area (Å²) in [7, 11) is 3.71. The molecule has 2 N–H and O–H groups in total. The van der Waals surface area contributed by atoms with E-state index in [0.717, 1.165) is 23.6 Å². The molecule has 2 aromatic rings. The molecule has 0 atom stereocenters. The van der Waals surface area contributed by atoms with E-state index in [1.165, 1.54) is 0 Å². The van der Waals surface area contributed by atoms with Crippen molar-refractivity contribution >= 4 is 11.5 Å². The zero-order valence-corrected chi connectivity index (χ0v) is 11.2. The number of aromatic hydroxyl groups is 1. The maximum atomic E-state index is 13.2. The van der Waals surface area contributed by atoms with Crippen LogP contribution in [0.1, 0.15) is 5.56 Å². The fraction of sp³-hybridized carbons (Fsp3) is 0.214. The van der Waals surface area contributed by atoms with Gasteiger partial charge in [0.25, 0.3) is 0 Å². The van der Waals surface area contributed by atoms with Crippen molar-refractivity contribution in [2.45, 2.75) is 6.54 Å². The molecule has 1 heterocycles. The van der Waals surface area contributed by atoms with Crippen LogP contribution in [-0.4, -0.2) is 24.2 Å². The molecule has 0 unspecified atom stereocenters. The maximum absolute atomic E-state index is 13.2. The molecule has 0 fully saturated rings. The number of phenols is 1. The molecule has 2 rings (SSSR count). The highest BCUT2D eigenvalue weighted by atomic mass is 19.1. The van der Waals surface area contributed by atoms with Crippen molar-refractivity contribution in [3.05, 3.63) is 47.7 Å². The quantitative estimate of drug-likeness (QED) is 0.903. The van der Waals surface area contributed by atoms with Crippen LogP contribution in [-0.2, 0) is 6.54 Å². The van der Waals surface area contributed by atoms with Crippen LogP contribution in [0.25, 0.3) is 0 Å². The topological polar surface area (TPSA) is 48.4 Å². The third-order valence-corrected chi connectivity index (χ3v) is 2.77. The van der Waals surface area contributed by atoms with Gasteiger partial charge in [-0.1, -0.05) is 0 Å². The van der Waals surface area contributed by atoms with Gasteiger partial charge in [-0.15, -0.1) is 0 Å². The maximum Gasteiger partial charge on any atom is 0.187 e. The number of nitrogens with zero attached hydrogens (tertiary/aromatic N) is 2. The van der Waals surface area contributed by atoms with Gasteiger partial charge in [-0.2, -0.15) is 0 Å². The average Bonchev–Trinajstić information content (AvgIpc) is 2.42. The second-order valence-electron chi connectivity index (χ2n) is 4.53. The van der Waals surface area contributed by atoms with Crippen LogP contribution in [0.4, 0.5) is 20.3 Å². The molecule has 4 nitrogen and oxygen atoms in total. The summed E-state index contributed by atoms with van der Waals surface area (Å²) in [6.45, 7) is 0.223. The molecule has 0 spiro atoms. The van der Waals surface area contributed by atoms with Gasteiger partial charge < -0.3 is 15.3 Å². The number of halogens is 2. The number of anilines is 2. The van der Waals surface area contributed by atoms with Crippen molar-refractivity contribution in [1.29, 1.82) is 0 Å². The zero-order valence-electron chi connectivity index (χ0n) is 11.2. The molecule has 0 aliphatic carbocycles. The first kappa shape index (κ1) is 14.0. The lowest BCUT2D eigenvalue weighted by atomic mass is 10.2. The van der Waals surface area contributed by atoms with Gasteiger partial charge in [0.2, 0.25) is 0 Å². The summed E-state index contributed by atoms with van der Waals surface area (Å²) in [4.78, 5) is 6.05. The van der Waals surface area contributed by atoms with Crippen molar-refractivity contribution in [3.8, 4) is 5.75 Å². The minimum atomic E-state index is -0.971. The van der Waals surface area contributed by atoms with Gasteiger partial charge in [-0.3, -0.25) is 0 Å². The van der Waals surface area contributed by atoms with Crippen molar-refractivity contribution in [1.82, 2.24) is 4.98 Å². The van der Waals surface area contributed by atoms with E-state index in [-0.39, 0.29) is 6.54 Å². The Balaban J connectivity index is 2.17. The second kappa shape index (κ2) is 5.73. The van der Waals surface area contributed by atoms with Gasteiger partial charge >= 0.3 is 0 Å². The smallest absolute Gasteiger partial charge is 0.187 e. The van der Waals surface area contributed by atoms with E-state index in [2.05, 4.69) is 10.3 Å². The first-order chi connectivity index (χ1) is 9.49. The molecule has 1 aromatic heterocycles. The fourth-order valence-electron chi connectivity index (χ4n) is 1.81. The highest BCUT2D eigenvalue weighted by Crippen LogP contribution is 2.24. The van der Waals surface area contributed by atoms with E-state index in [1.54, 1.807) is 12.3 Å². The minimum Gasteiger partial charge on any atom is -0.503 e. The number of hydrogen-bond donors (Lipinski definition) is 2. The van der Waals surface area contributed by atoms with E-state index in [0.29, 0.717) is 5.56 Å². The molecule has 0 aliphatic rings. The Hall–Kier alpha value is -2.37. The normalized spacial score (nSPS) is 10.4. The standard InChI is InChI=1S/C14H15F2N3O/c1-19(2)14-12(4-3-5-17-14)18-8-9-6-10(15)13(20)11(16)7-9/h3-7,18,20H,8H2,1-2H3. The molecule has 0 aliphatic heterocycles. The Morgan fingerprint density at radius 3 is 2.50 bits per heavy atom. The van der Waals surface area contributed by atoms with E-state index in [1.807, 2.05) is 25.1 Å². The minimum absolute atomic E-state index is 0.223. The zero-order chi connectivity index (χ0) is 14.7. The van der Waals surface area contributed by atoms with Crippen molar-refractivity contribution in [2.75, 3.05) is 24.3 Å². The van der Waals surface area contributed by atoms with Crippen LogP contribution >= 0.6 is 0 Å². The third-order valence-electron chi connectivity index (χ3n) is 2.77. The monoisotopic (exact) mass is 279 g/mol. The summed E-state index contributed by atoms with van der Waals surface area (Å²) >= 11 is 0. The van der Waals surface area contributed by atoms with Gasteiger partial charge in [-0.05, 0) is 29.8 Å². The number of phenolic OH excluding ortho intramolecular Hbond substituents is 1. The molecular weight excluding hydrogens is 264 g/mol. The Bertz CT molecular complexity index is 594. The van der Waals surface area contributed by atoms with Gasteiger partial charge in [0.15, 0.2) is 23.2 Å². The molecule has 0 bridgehead atoms. The lowest BCUT2D eigenvalue weighted by Gasteiger charge is -2.17. The van der Waals surface area contributed by atoms with Crippen molar-refractivity contribution < 1.29 is 13.9 Å². The first-order valence-electron chi connectivity index (χ1n) is 6.02. The Labute approximate surface area is 115 Å². The third kappa shape index (κ3) is 2.96. The number of rotatable bonds is 4. The average molecular weight is 279 g/mol. The molecule has 0 saturated heterocycles. The number of aromatic nitrogens is 1. The van der Waals surface area contributed by atoms with Crippen molar-refractivity contribution in [2.24, 2.45) is 0 Å². The summed E-state index contributed by atoms with van der Waals surface area (Å²) in [5.74, 6) is -2.17. The molecular formula is C14H15F2N3O. The Morgan fingerprint density at radius 1 is 1.25 bits per heavy atom. The molecule has 6 heteroatoms. The van der Waals surface area contributed by atoms with Gasteiger partial charge in [0.05, 0.1) is 5.69 Å². The predicted octanol–water partition coefficient (Wildman–Crippen LogP) is 2.74. The summed E-state index contributed by atoms with van der Waals surface area (Å²) in [5.41, 5.74) is 1.15. The fourth-order valence-corrected chi connectivity index (χ4v) is 1.81. The van der Waals surface area contributed by atoms with Crippen molar-refractivity contribution in [3.63, 3.8) is 0 Å². The number of benzene rings is 1. The number of nitrogens with one attached hydrogen (secondary N) is 1. The first-order valence-corrected chi connectivity index (χ1v) is 6.02. The second-order valence-corrected chi connectivity index (χ2v) is 4.53. The van der Waals surface area contributed by atoms with E-state index in [9.17, 15) is 8.78 Å². The largest absolute Gasteiger partial charge is 0.503 e. The van der Waals surface area contributed by atoms with Gasteiger partial charge in [0.1, 0.15) is 0 Å². The van der Waals surface area contributed by atoms with Gasteiger partial charge in [0, 0.05) is 26.8 Å². The summed E-state index contributed by atoms with van der Waals surface area (Å²) in [6, 6.07) is 5.79. The SMILES string of the molecule is CN(C)c1ncccc1NCc1cc(F)c(O)c(F)c1. The molecule has 0 amide bonds. The molecule has 1 aromatic carbocycles. The van der Waals surface area contributed by atoms with Crippen LogP contribution in [0.2, 0.25) is 0 Å². The van der Waals surface area contributed by atoms with Crippen LogP contribution in [0.5, 0.6) is 5.75 Å². The predicted molar refractivity (Wildman–Crippen MR) is 73.9 cm³/mol. The Kier molecular flexibility index (Phi) is 4.02. The number of hydrogen-bond acceptors (Lipinski definition) is 4. The highest BCUT2D eigenvalue weighted by molar-refractivity contribution is 5.64. The highest BCUT2D eigenvalue weighted by Gasteiger charge is 2.10. The summed E-state index contributed by atoms with van der Waals surface area (Å²) < 4.78 is 26.5. The van der Waals surface area contributed by atoms with E-state index < -0.39 is 17.4 Å². The summed E-state index contributed by atoms with van der Waals surface area (Å²) in [5, 5.41) is 12.1. The van der Waals surface area contributed by atoms with Crippen LogP contribution in [0.3, 0.4) is 0 Å². The molecule has 20 heavy (non-hydrogen) atoms. The lowest BCUT2D eigenvalue weighted by Crippen LogP contribution is -2.13. The van der Waals surface area contributed by atoms with Crippen LogP contribution < -0.4 is 10.2 Å². The van der Waals surface area contributed by atoms with E-state index >= 15 is 0 Å². The van der Waals surface area contributed by atoms with Crippen LogP contribution in [0.15, 0.2) is 30.5 Å². The van der Waals surface area contributed by atoms with E-state index in [4.69, 9.17) is 5.11 Å². The van der Waals surface area contributed by atoms with Crippen LogP contribution in [0, 0.1) is 11.6 Å². The van der Waals surface area contributed by atoms with Gasteiger partial charge in [-0.25, -0.2) is 13.8 Å². The molecule has 0 saturated carbocycles. The lowest BCUT2D eigenvalue weighted by molar-refractivity contribution is 0.395.